The van der Waals surface area contributed by atoms with E-state index in [2.05, 4.69) is 4.98 Å². The van der Waals surface area contributed by atoms with Crippen molar-refractivity contribution in [2.75, 3.05) is 0 Å². The first-order valence-corrected chi connectivity index (χ1v) is 6.89. The summed E-state index contributed by atoms with van der Waals surface area (Å²) in [5.41, 5.74) is 6.13. The number of aryl methyl sites for hydroxylation is 1. The minimum atomic E-state index is -1.12. The molecule has 0 saturated heterocycles. The number of carboxylic acid groups (broad SMARTS) is 1. The Morgan fingerprint density at radius 3 is 2.79 bits per heavy atom. The van der Waals surface area contributed by atoms with Gasteiger partial charge in [0.2, 0.25) is 0 Å². The second-order valence-corrected chi connectivity index (χ2v) is 5.23. The number of thiazole rings is 1. The van der Waals surface area contributed by atoms with Crippen LogP contribution >= 0.6 is 11.3 Å². The Kier molecular flexibility index (Phi) is 5.91. The number of esters is 1. The molecular formula is C12H18N2O4S. The zero-order valence-corrected chi connectivity index (χ0v) is 11.8. The van der Waals surface area contributed by atoms with Gasteiger partial charge >= 0.3 is 11.9 Å². The summed E-state index contributed by atoms with van der Waals surface area (Å²) in [6, 6.07) is -1.06. The summed E-state index contributed by atoms with van der Waals surface area (Å²) in [7, 11) is 0. The summed E-state index contributed by atoms with van der Waals surface area (Å²) in [5, 5.41) is 11.6. The van der Waals surface area contributed by atoms with Crippen LogP contribution in [-0.4, -0.2) is 28.1 Å². The molecule has 0 aliphatic rings. The van der Waals surface area contributed by atoms with Gasteiger partial charge in [-0.15, -0.1) is 11.3 Å². The number of rotatable bonds is 7. The monoisotopic (exact) mass is 286 g/mol. The number of aliphatic carboxylic acids is 1. The smallest absolute Gasteiger partial charge is 0.320 e. The van der Waals surface area contributed by atoms with Crippen molar-refractivity contribution in [2.24, 2.45) is 11.7 Å². The zero-order valence-electron chi connectivity index (χ0n) is 11.0. The SMILES string of the molecule is CCc1nc(COC(=O)CC(C)[C@H](N)C(=O)O)cs1. The number of carbonyl (C=O) groups excluding carboxylic acids is 1. The van der Waals surface area contributed by atoms with Gasteiger partial charge in [-0.05, 0) is 12.3 Å². The maximum Gasteiger partial charge on any atom is 0.320 e. The molecule has 0 aromatic carbocycles. The van der Waals surface area contributed by atoms with Crippen LogP contribution in [0.25, 0.3) is 0 Å². The van der Waals surface area contributed by atoms with E-state index in [9.17, 15) is 9.59 Å². The fourth-order valence-corrected chi connectivity index (χ4v) is 2.15. The fraction of sp³-hybridized carbons (Fsp3) is 0.583. The molecule has 19 heavy (non-hydrogen) atoms. The summed E-state index contributed by atoms with van der Waals surface area (Å²) in [5.74, 6) is -2.05. The molecule has 0 spiro atoms. The molecule has 1 aromatic rings. The molecule has 1 rings (SSSR count). The first-order chi connectivity index (χ1) is 8.93. The third-order valence-electron chi connectivity index (χ3n) is 2.67. The lowest BCUT2D eigenvalue weighted by atomic mass is 9.99. The number of carboxylic acids is 1. The van der Waals surface area contributed by atoms with Gasteiger partial charge in [-0.2, -0.15) is 0 Å². The molecule has 0 aliphatic heterocycles. The van der Waals surface area contributed by atoms with Crippen LogP contribution in [0.15, 0.2) is 5.38 Å². The van der Waals surface area contributed by atoms with E-state index in [1.54, 1.807) is 6.92 Å². The topological polar surface area (TPSA) is 103 Å². The van der Waals surface area contributed by atoms with E-state index < -0.39 is 23.9 Å². The Balaban J connectivity index is 2.37. The standard InChI is InChI=1S/C12H18N2O4S/c1-3-9-14-8(6-19-9)5-18-10(15)4-7(2)11(13)12(16)17/h6-7,11H,3-5,13H2,1-2H3,(H,16,17)/t7?,11-/m0/s1. The van der Waals surface area contributed by atoms with Crippen molar-refractivity contribution in [1.82, 2.24) is 4.98 Å². The number of hydrogen-bond donors (Lipinski definition) is 2. The Morgan fingerprint density at radius 2 is 2.26 bits per heavy atom. The Labute approximate surface area is 115 Å². The minimum absolute atomic E-state index is 0.0156. The Hall–Kier alpha value is -1.47. The molecule has 0 radical (unpaired) electrons. The summed E-state index contributed by atoms with van der Waals surface area (Å²) in [4.78, 5) is 26.5. The van der Waals surface area contributed by atoms with Crippen LogP contribution < -0.4 is 5.73 Å². The van der Waals surface area contributed by atoms with Gasteiger partial charge in [0.15, 0.2) is 0 Å². The third-order valence-corrected chi connectivity index (χ3v) is 3.71. The highest BCUT2D eigenvalue weighted by Gasteiger charge is 2.23. The average molecular weight is 286 g/mol. The van der Waals surface area contributed by atoms with Gasteiger partial charge in [0.25, 0.3) is 0 Å². The van der Waals surface area contributed by atoms with Gasteiger partial charge in [0.1, 0.15) is 12.6 Å². The van der Waals surface area contributed by atoms with Crippen molar-refractivity contribution in [3.8, 4) is 0 Å². The molecule has 0 fully saturated rings. The molecule has 2 atom stereocenters. The summed E-state index contributed by atoms with van der Waals surface area (Å²) in [6.45, 7) is 3.73. The zero-order chi connectivity index (χ0) is 14.4. The average Bonchev–Trinajstić information content (AvgIpc) is 2.83. The largest absolute Gasteiger partial charge is 0.480 e. The predicted octanol–water partition coefficient (Wildman–Crippen LogP) is 1.19. The maximum atomic E-state index is 11.5. The van der Waals surface area contributed by atoms with E-state index in [4.69, 9.17) is 15.6 Å². The van der Waals surface area contributed by atoms with Gasteiger partial charge < -0.3 is 15.6 Å². The first-order valence-electron chi connectivity index (χ1n) is 6.01. The molecule has 7 heteroatoms. The van der Waals surface area contributed by atoms with Gasteiger partial charge in [-0.3, -0.25) is 9.59 Å². The van der Waals surface area contributed by atoms with Crippen LogP contribution in [-0.2, 0) is 27.4 Å². The van der Waals surface area contributed by atoms with Crippen LogP contribution in [0.4, 0.5) is 0 Å². The van der Waals surface area contributed by atoms with Crippen LogP contribution in [0.1, 0.15) is 31.0 Å². The number of hydrogen-bond acceptors (Lipinski definition) is 6. The molecule has 1 heterocycles. The van der Waals surface area contributed by atoms with Gasteiger partial charge in [0, 0.05) is 5.38 Å². The molecule has 0 amide bonds. The number of nitrogens with two attached hydrogens (primary N) is 1. The lowest BCUT2D eigenvalue weighted by Gasteiger charge is -2.14. The molecule has 0 aliphatic carbocycles. The second-order valence-electron chi connectivity index (χ2n) is 4.29. The molecule has 3 N–H and O–H groups in total. The lowest BCUT2D eigenvalue weighted by molar-refractivity contribution is -0.147. The Morgan fingerprint density at radius 1 is 1.58 bits per heavy atom. The molecule has 6 nitrogen and oxygen atoms in total. The second kappa shape index (κ2) is 7.20. The van der Waals surface area contributed by atoms with Crippen molar-refractivity contribution < 1.29 is 19.4 Å². The highest BCUT2D eigenvalue weighted by molar-refractivity contribution is 7.09. The third kappa shape index (κ3) is 4.96. The normalized spacial score (nSPS) is 13.8. The van der Waals surface area contributed by atoms with E-state index in [-0.39, 0.29) is 13.0 Å². The van der Waals surface area contributed by atoms with E-state index in [0.29, 0.717) is 5.69 Å². The van der Waals surface area contributed by atoms with E-state index in [1.165, 1.54) is 11.3 Å². The van der Waals surface area contributed by atoms with Crippen LogP contribution in [0.3, 0.4) is 0 Å². The van der Waals surface area contributed by atoms with Gasteiger partial charge in [-0.25, -0.2) is 4.98 Å². The van der Waals surface area contributed by atoms with Crippen molar-refractivity contribution in [1.29, 1.82) is 0 Å². The van der Waals surface area contributed by atoms with Gasteiger partial charge in [-0.1, -0.05) is 13.8 Å². The van der Waals surface area contributed by atoms with E-state index >= 15 is 0 Å². The van der Waals surface area contributed by atoms with E-state index in [1.807, 2.05) is 12.3 Å². The minimum Gasteiger partial charge on any atom is -0.480 e. The molecule has 106 valence electrons. The van der Waals surface area contributed by atoms with Crippen molar-refractivity contribution in [3.63, 3.8) is 0 Å². The highest BCUT2D eigenvalue weighted by atomic mass is 32.1. The van der Waals surface area contributed by atoms with Gasteiger partial charge in [0.05, 0.1) is 17.1 Å². The molecule has 0 bridgehead atoms. The van der Waals surface area contributed by atoms with Crippen LogP contribution in [0.5, 0.6) is 0 Å². The van der Waals surface area contributed by atoms with Crippen molar-refractivity contribution in [2.45, 2.75) is 39.3 Å². The number of nitrogens with zero attached hydrogens (tertiary/aromatic N) is 1. The predicted molar refractivity (Wildman–Crippen MR) is 70.7 cm³/mol. The maximum absolute atomic E-state index is 11.5. The highest BCUT2D eigenvalue weighted by Crippen LogP contribution is 2.13. The summed E-state index contributed by atoms with van der Waals surface area (Å²) >= 11 is 1.52. The lowest BCUT2D eigenvalue weighted by Crippen LogP contribution is -2.37. The number of aromatic nitrogens is 1. The molecule has 0 saturated carbocycles. The molecular weight excluding hydrogens is 268 g/mol. The van der Waals surface area contributed by atoms with E-state index in [0.717, 1.165) is 11.4 Å². The number of ether oxygens (including phenoxy) is 1. The molecule has 1 aromatic heterocycles. The number of carbonyl (C=O) groups is 2. The van der Waals surface area contributed by atoms with Crippen LogP contribution in [0.2, 0.25) is 0 Å². The molecule has 1 unspecified atom stereocenters. The summed E-state index contributed by atoms with van der Waals surface area (Å²) < 4.78 is 5.04. The first kappa shape index (κ1) is 15.6. The quantitative estimate of drug-likeness (QED) is 0.730. The van der Waals surface area contributed by atoms with Crippen LogP contribution in [0, 0.1) is 5.92 Å². The van der Waals surface area contributed by atoms with Crippen molar-refractivity contribution >= 4 is 23.3 Å². The Bertz CT molecular complexity index is 447. The fourth-order valence-electron chi connectivity index (χ4n) is 1.42. The van der Waals surface area contributed by atoms with Crippen molar-refractivity contribution in [3.05, 3.63) is 16.1 Å². The summed E-state index contributed by atoms with van der Waals surface area (Å²) in [6.07, 6.45) is 0.835.